The highest BCUT2D eigenvalue weighted by atomic mass is 32.2. The third-order valence-electron chi connectivity index (χ3n) is 3.13. The first-order valence-corrected chi connectivity index (χ1v) is 7.77. The number of benzene rings is 1. The molecule has 0 fully saturated rings. The summed E-state index contributed by atoms with van der Waals surface area (Å²) in [5.74, 6) is 0.256. The van der Waals surface area contributed by atoms with Crippen molar-refractivity contribution in [1.29, 1.82) is 0 Å². The van der Waals surface area contributed by atoms with Gasteiger partial charge in [0.15, 0.2) is 5.09 Å². The highest BCUT2D eigenvalue weighted by Gasteiger charge is 2.08. The summed E-state index contributed by atoms with van der Waals surface area (Å²) in [6.07, 6.45) is 3.34. The first kappa shape index (κ1) is 14.5. The number of H-pyrrole nitrogens is 1. The van der Waals surface area contributed by atoms with Gasteiger partial charge >= 0.3 is 0 Å². The molecule has 0 spiro atoms. The van der Waals surface area contributed by atoms with Gasteiger partial charge in [-0.15, -0.1) is 0 Å². The largest absolute Gasteiger partial charge is 0.458 e. The third kappa shape index (κ3) is 3.40. The second-order valence-corrected chi connectivity index (χ2v) is 5.72. The number of anilines is 1. The van der Waals surface area contributed by atoms with Crippen LogP contribution in [0.25, 0.3) is 11.3 Å². The zero-order valence-corrected chi connectivity index (χ0v) is 12.8. The minimum Gasteiger partial charge on any atom is -0.458 e. The van der Waals surface area contributed by atoms with Crippen molar-refractivity contribution in [3.8, 4) is 11.3 Å². The average Bonchev–Trinajstić information content (AvgIpc) is 3.18. The van der Waals surface area contributed by atoms with E-state index < -0.39 is 0 Å². The molecule has 5 nitrogen and oxygen atoms in total. The van der Waals surface area contributed by atoms with Crippen molar-refractivity contribution >= 4 is 23.4 Å². The predicted molar refractivity (Wildman–Crippen MR) is 86.8 cm³/mol. The number of nitrogens with zero attached hydrogens (tertiary/aromatic N) is 1. The van der Waals surface area contributed by atoms with Gasteiger partial charge in [0, 0.05) is 17.4 Å². The van der Waals surface area contributed by atoms with Crippen LogP contribution in [0.1, 0.15) is 5.56 Å². The molecule has 0 saturated carbocycles. The summed E-state index contributed by atoms with van der Waals surface area (Å²) in [6.45, 7) is 1.96. The molecule has 0 aliphatic rings. The van der Waals surface area contributed by atoms with Crippen LogP contribution < -0.4 is 5.32 Å². The average molecular weight is 313 g/mol. The molecule has 112 valence electrons. The Labute approximate surface area is 132 Å². The van der Waals surface area contributed by atoms with Crippen LogP contribution in [0, 0.1) is 6.92 Å². The number of aromatic amines is 1. The summed E-state index contributed by atoms with van der Waals surface area (Å²) < 4.78 is 5.30. The van der Waals surface area contributed by atoms with Gasteiger partial charge in [-0.3, -0.25) is 9.89 Å². The van der Waals surface area contributed by atoms with Crippen LogP contribution in [0.2, 0.25) is 0 Å². The van der Waals surface area contributed by atoms with E-state index in [2.05, 4.69) is 15.5 Å². The van der Waals surface area contributed by atoms with Gasteiger partial charge in [-0.05, 0) is 36.8 Å². The number of amides is 1. The van der Waals surface area contributed by atoms with E-state index in [4.69, 9.17) is 4.42 Å². The third-order valence-corrected chi connectivity index (χ3v) is 4.22. The van der Waals surface area contributed by atoms with Crippen LogP contribution in [-0.2, 0) is 4.79 Å². The van der Waals surface area contributed by atoms with Crippen molar-refractivity contribution in [1.82, 2.24) is 10.2 Å². The Morgan fingerprint density at radius 1 is 1.27 bits per heavy atom. The Morgan fingerprint density at radius 2 is 2.09 bits per heavy atom. The molecule has 3 aromatic rings. The van der Waals surface area contributed by atoms with Crippen molar-refractivity contribution in [3.63, 3.8) is 0 Å². The second-order valence-electron chi connectivity index (χ2n) is 4.78. The maximum Gasteiger partial charge on any atom is 0.234 e. The van der Waals surface area contributed by atoms with Crippen molar-refractivity contribution in [2.24, 2.45) is 0 Å². The number of hydrogen-bond donors (Lipinski definition) is 2. The number of thioether (sulfide) groups is 1. The smallest absolute Gasteiger partial charge is 0.234 e. The van der Waals surface area contributed by atoms with Crippen LogP contribution in [0.3, 0.4) is 0 Å². The van der Waals surface area contributed by atoms with E-state index in [0.29, 0.717) is 5.75 Å². The van der Waals surface area contributed by atoms with Crippen molar-refractivity contribution in [3.05, 3.63) is 54.4 Å². The summed E-state index contributed by atoms with van der Waals surface area (Å²) in [4.78, 5) is 11.9. The standard InChI is InChI=1S/C16H15N3O2S/c1-11-7-9-21-16(11)22-10-15(20)18-13-4-2-12(3-5-13)14-6-8-17-19-14/h2-9H,10H2,1H3,(H,17,19)(H,18,20). The molecule has 22 heavy (non-hydrogen) atoms. The molecule has 2 aromatic heterocycles. The maximum absolute atomic E-state index is 11.9. The highest BCUT2D eigenvalue weighted by molar-refractivity contribution is 7.99. The Kier molecular flexibility index (Phi) is 4.29. The Bertz CT molecular complexity index is 748. The predicted octanol–water partition coefficient (Wildman–Crippen LogP) is 3.71. The van der Waals surface area contributed by atoms with Gasteiger partial charge in [0.05, 0.1) is 17.7 Å². The lowest BCUT2D eigenvalue weighted by molar-refractivity contribution is -0.113. The van der Waals surface area contributed by atoms with Gasteiger partial charge < -0.3 is 9.73 Å². The molecule has 2 N–H and O–H groups in total. The normalized spacial score (nSPS) is 10.6. The summed E-state index contributed by atoms with van der Waals surface area (Å²) in [5.41, 5.74) is 3.78. The number of furan rings is 1. The minimum absolute atomic E-state index is 0.0601. The first-order chi connectivity index (χ1) is 10.7. The molecule has 0 bridgehead atoms. The quantitative estimate of drug-likeness (QED) is 0.704. The van der Waals surface area contributed by atoms with Gasteiger partial charge in [-0.1, -0.05) is 23.9 Å². The number of aryl methyl sites for hydroxylation is 1. The monoisotopic (exact) mass is 313 g/mol. The van der Waals surface area contributed by atoms with Gasteiger partial charge in [-0.25, -0.2) is 0 Å². The van der Waals surface area contributed by atoms with E-state index in [1.807, 2.05) is 43.3 Å². The van der Waals surface area contributed by atoms with Crippen LogP contribution in [-0.4, -0.2) is 21.9 Å². The van der Waals surface area contributed by atoms with Gasteiger partial charge in [0.25, 0.3) is 0 Å². The summed E-state index contributed by atoms with van der Waals surface area (Å²) in [6, 6.07) is 11.4. The molecular formula is C16H15N3O2S. The molecule has 1 amide bonds. The molecular weight excluding hydrogens is 298 g/mol. The van der Waals surface area contributed by atoms with Gasteiger partial charge in [0.1, 0.15) is 0 Å². The molecule has 1 aromatic carbocycles. The number of aromatic nitrogens is 2. The fourth-order valence-electron chi connectivity index (χ4n) is 1.98. The van der Waals surface area contributed by atoms with Gasteiger partial charge in [0.2, 0.25) is 5.91 Å². The minimum atomic E-state index is -0.0601. The molecule has 0 aliphatic heterocycles. The first-order valence-electron chi connectivity index (χ1n) is 6.79. The lowest BCUT2D eigenvalue weighted by Crippen LogP contribution is -2.13. The number of carbonyl (C=O) groups is 1. The number of carbonyl (C=O) groups excluding carboxylic acids is 1. The van der Waals surface area contributed by atoms with E-state index >= 15 is 0 Å². The molecule has 3 rings (SSSR count). The van der Waals surface area contributed by atoms with E-state index in [0.717, 1.165) is 27.6 Å². The molecule has 0 atom stereocenters. The zero-order valence-electron chi connectivity index (χ0n) is 12.0. The number of nitrogens with one attached hydrogen (secondary N) is 2. The lowest BCUT2D eigenvalue weighted by Gasteiger charge is -2.05. The van der Waals surface area contributed by atoms with E-state index in [9.17, 15) is 4.79 Å². The van der Waals surface area contributed by atoms with E-state index in [-0.39, 0.29) is 5.91 Å². The number of hydrogen-bond acceptors (Lipinski definition) is 4. The van der Waals surface area contributed by atoms with E-state index in [1.54, 1.807) is 12.5 Å². The Balaban J connectivity index is 1.56. The van der Waals surface area contributed by atoms with Crippen molar-refractivity contribution in [2.75, 3.05) is 11.1 Å². The van der Waals surface area contributed by atoms with Crippen LogP contribution in [0.4, 0.5) is 5.69 Å². The number of rotatable bonds is 5. The summed E-state index contributed by atoms with van der Waals surface area (Å²) in [5, 5.41) is 10.5. The maximum atomic E-state index is 11.9. The highest BCUT2D eigenvalue weighted by Crippen LogP contribution is 2.23. The van der Waals surface area contributed by atoms with Crippen LogP contribution in [0.15, 0.2) is 58.4 Å². The summed E-state index contributed by atoms with van der Waals surface area (Å²) >= 11 is 1.39. The lowest BCUT2D eigenvalue weighted by atomic mass is 10.1. The Morgan fingerprint density at radius 3 is 2.73 bits per heavy atom. The fourth-order valence-corrected chi connectivity index (χ4v) is 2.74. The fraction of sp³-hybridized carbons (Fsp3) is 0.125. The molecule has 0 unspecified atom stereocenters. The van der Waals surface area contributed by atoms with E-state index in [1.165, 1.54) is 11.8 Å². The molecule has 2 heterocycles. The SMILES string of the molecule is Cc1ccoc1SCC(=O)Nc1ccc(-c2ccn[nH]2)cc1. The molecule has 6 heteroatoms. The topological polar surface area (TPSA) is 70.9 Å². The molecule has 0 aliphatic carbocycles. The van der Waals surface area contributed by atoms with Crippen molar-refractivity contribution < 1.29 is 9.21 Å². The second kappa shape index (κ2) is 6.53. The zero-order chi connectivity index (χ0) is 15.4. The van der Waals surface area contributed by atoms with Crippen LogP contribution >= 0.6 is 11.8 Å². The van der Waals surface area contributed by atoms with Gasteiger partial charge in [-0.2, -0.15) is 5.10 Å². The van der Waals surface area contributed by atoms with Crippen LogP contribution in [0.5, 0.6) is 0 Å². The Hall–Kier alpha value is -2.47. The molecule has 0 saturated heterocycles. The summed E-state index contributed by atoms with van der Waals surface area (Å²) in [7, 11) is 0. The molecule has 0 radical (unpaired) electrons. The van der Waals surface area contributed by atoms with Crippen molar-refractivity contribution in [2.45, 2.75) is 12.0 Å².